The van der Waals surface area contributed by atoms with Crippen LogP contribution in [0.2, 0.25) is 0 Å². The molecule has 1 fully saturated rings. The summed E-state index contributed by atoms with van der Waals surface area (Å²) in [5, 5.41) is 6.38. The number of imide groups is 1. The molecule has 1 N–H and O–H groups in total. The van der Waals surface area contributed by atoms with E-state index in [-0.39, 0.29) is 35.7 Å². The quantitative estimate of drug-likeness (QED) is 0.589. The second-order valence-electron chi connectivity index (χ2n) is 7.54. The van der Waals surface area contributed by atoms with Crippen LogP contribution < -0.4 is 5.32 Å². The fourth-order valence-electron chi connectivity index (χ4n) is 3.83. The van der Waals surface area contributed by atoms with Crippen LogP contribution in [0.15, 0.2) is 59.3 Å². The number of amides is 4. The second-order valence-corrected chi connectivity index (χ2v) is 9.63. The Hall–Kier alpha value is -2.58. The summed E-state index contributed by atoms with van der Waals surface area (Å²) in [7, 11) is 0. The van der Waals surface area contributed by atoms with Crippen LogP contribution in [-0.2, 0) is 22.4 Å². The first-order valence-electron chi connectivity index (χ1n) is 10.4. The zero-order valence-electron chi connectivity index (χ0n) is 17.1. The molecule has 1 aromatic heterocycles. The molecule has 2 aliphatic heterocycles. The Bertz CT molecular complexity index is 946. The van der Waals surface area contributed by atoms with Gasteiger partial charge in [0.1, 0.15) is 11.8 Å². The summed E-state index contributed by atoms with van der Waals surface area (Å²) >= 11 is 3.03. The minimum atomic E-state index is -0.380. The molecule has 162 valence electrons. The summed E-state index contributed by atoms with van der Waals surface area (Å²) in [6, 6.07) is 13.3. The summed E-state index contributed by atoms with van der Waals surface area (Å²) in [6.45, 7) is 0.839. The predicted molar refractivity (Wildman–Crippen MR) is 124 cm³/mol. The smallest absolute Gasteiger partial charge is 0.327 e. The number of benzene rings is 1. The zero-order valence-corrected chi connectivity index (χ0v) is 18.7. The van der Waals surface area contributed by atoms with E-state index < -0.39 is 0 Å². The number of rotatable bonds is 9. The van der Waals surface area contributed by atoms with E-state index in [1.54, 1.807) is 11.3 Å². The number of carbonyl (C=O) groups is 3. The van der Waals surface area contributed by atoms with Gasteiger partial charge in [0.05, 0.1) is 6.04 Å². The number of carbonyl (C=O) groups excluding carboxylic acids is 3. The fraction of sp³-hybridized carbons (Fsp3) is 0.348. The third-order valence-electron chi connectivity index (χ3n) is 5.44. The fourth-order valence-corrected chi connectivity index (χ4v) is 5.59. The number of thiophene rings is 1. The van der Waals surface area contributed by atoms with E-state index in [9.17, 15) is 14.4 Å². The summed E-state index contributed by atoms with van der Waals surface area (Å²) in [5.74, 6) is -0.362. The van der Waals surface area contributed by atoms with Crippen LogP contribution in [0.25, 0.3) is 0 Å². The van der Waals surface area contributed by atoms with Gasteiger partial charge in [0.2, 0.25) is 11.8 Å². The van der Waals surface area contributed by atoms with E-state index in [1.807, 2.05) is 47.2 Å². The first kappa shape index (κ1) is 21.6. The van der Waals surface area contributed by atoms with E-state index in [1.165, 1.54) is 27.1 Å². The molecule has 0 saturated carbocycles. The van der Waals surface area contributed by atoms with Crippen LogP contribution in [0.5, 0.6) is 0 Å². The van der Waals surface area contributed by atoms with E-state index >= 15 is 0 Å². The molecule has 0 spiro atoms. The molecule has 6 nitrogen and oxygen atoms in total. The Balaban J connectivity index is 1.32. The molecular weight excluding hydrogens is 430 g/mol. The van der Waals surface area contributed by atoms with Crippen molar-refractivity contribution in [3.8, 4) is 0 Å². The minimum Gasteiger partial charge on any atom is -0.355 e. The van der Waals surface area contributed by atoms with Crippen molar-refractivity contribution < 1.29 is 14.4 Å². The average Bonchev–Trinajstić information content (AvgIpc) is 3.47. The van der Waals surface area contributed by atoms with Gasteiger partial charge >= 0.3 is 6.03 Å². The van der Waals surface area contributed by atoms with Crippen LogP contribution in [0.4, 0.5) is 4.79 Å². The Kier molecular flexibility index (Phi) is 7.09. The lowest BCUT2D eigenvalue weighted by atomic mass is 10.1. The Morgan fingerprint density at radius 2 is 1.90 bits per heavy atom. The molecule has 4 rings (SSSR count). The normalized spacial score (nSPS) is 20.3. The van der Waals surface area contributed by atoms with E-state index in [4.69, 9.17) is 0 Å². The monoisotopic (exact) mass is 455 g/mol. The largest absolute Gasteiger partial charge is 0.355 e. The number of thioether (sulfide) groups is 1. The molecule has 2 unspecified atom stereocenters. The lowest BCUT2D eigenvalue weighted by molar-refractivity contribution is -0.133. The van der Waals surface area contributed by atoms with Crippen molar-refractivity contribution in [3.63, 3.8) is 0 Å². The number of nitrogens with one attached hydrogen (secondary N) is 1. The molecule has 3 heterocycles. The van der Waals surface area contributed by atoms with Crippen molar-refractivity contribution in [1.82, 2.24) is 15.1 Å². The van der Waals surface area contributed by atoms with Gasteiger partial charge < -0.3 is 10.2 Å². The lowest BCUT2D eigenvalue weighted by Crippen LogP contribution is -2.63. The maximum atomic E-state index is 13.1. The van der Waals surface area contributed by atoms with Gasteiger partial charge in [-0.15, -0.1) is 23.1 Å². The summed E-state index contributed by atoms with van der Waals surface area (Å²) in [5.41, 5.74) is 1.24. The molecule has 31 heavy (non-hydrogen) atoms. The highest BCUT2D eigenvalue weighted by Gasteiger charge is 2.47. The van der Waals surface area contributed by atoms with Gasteiger partial charge in [0.15, 0.2) is 0 Å². The first-order valence-corrected chi connectivity index (χ1v) is 12.2. The molecule has 8 heteroatoms. The summed E-state index contributed by atoms with van der Waals surface area (Å²) < 4.78 is 0. The molecule has 2 aliphatic rings. The maximum absolute atomic E-state index is 13.1. The van der Waals surface area contributed by atoms with E-state index in [0.29, 0.717) is 19.5 Å². The van der Waals surface area contributed by atoms with Crippen LogP contribution in [0.1, 0.15) is 16.9 Å². The van der Waals surface area contributed by atoms with Gasteiger partial charge in [-0.3, -0.25) is 14.5 Å². The van der Waals surface area contributed by atoms with E-state index in [0.717, 1.165) is 17.7 Å². The third-order valence-corrected chi connectivity index (χ3v) is 7.46. The standard InChI is InChI=1S/C23H25N3O3S2/c27-20(24-12-4-8-17-6-2-1-3-7-17)16-26-19-11-15-31-21(19)22(28)25(23(26)29)13-10-18-9-5-14-30-18/h1-3,5-7,9,11,14-15,19,21H,4,8,10,12-13,16H2,(H,24,27). The van der Waals surface area contributed by atoms with Crippen molar-refractivity contribution in [3.05, 3.63) is 69.8 Å². The number of aryl methyl sites for hydroxylation is 1. The van der Waals surface area contributed by atoms with Crippen molar-refractivity contribution >= 4 is 40.9 Å². The summed E-state index contributed by atoms with van der Waals surface area (Å²) in [4.78, 5) is 42.5. The Morgan fingerprint density at radius 1 is 1.06 bits per heavy atom. The predicted octanol–water partition coefficient (Wildman–Crippen LogP) is 3.30. The number of fused-ring (bicyclic) bond motifs is 1. The molecule has 0 radical (unpaired) electrons. The minimum absolute atomic E-state index is 0.0426. The number of nitrogens with zero attached hydrogens (tertiary/aromatic N) is 2. The van der Waals surface area contributed by atoms with Crippen molar-refractivity contribution in [2.45, 2.75) is 30.6 Å². The highest BCUT2D eigenvalue weighted by atomic mass is 32.2. The highest BCUT2D eigenvalue weighted by Crippen LogP contribution is 2.34. The third kappa shape index (κ3) is 5.19. The van der Waals surface area contributed by atoms with Gasteiger partial charge in [0, 0.05) is 18.0 Å². The van der Waals surface area contributed by atoms with Crippen LogP contribution in [0, 0.1) is 0 Å². The van der Waals surface area contributed by atoms with Gasteiger partial charge in [-0.25, -0.2) is 4.79 Å². The molecule has 2 aromatic rings. The maximum Gasteiger partial charge on any atom is 0.327 e. The van der Waals surface area contributed by atoms with E-state index in [2.05, 4.69) is 17.4 Å². The molecule has 1 saturated heterocycles. The molecule has 0 bridgehead atoms. The number of hydrogen-bond donors (Lipinski definition) is 1. The summed E-state index contributed by atoms with van der Waals surface area (Å²) in [6.07, 6.45) is 4.20. The Morgan fingerprint density at radius 3 is 2.68 bits per heavy atom. The van der Waals surface area contributed by atoms with Crippen LogP contribution in [-0.4, -0.2) is 58.6 Å². The van der Waals surface area contributed by atoms with Crippen molar-refractivity contribution in [2.24, 2.45) is 0 Å². The lowest BCUT2D eigenvalue weighted by Gasteiger charge is -2.40. The van der Waals surface area contributed by atoms with Gasteiger partial charge in [0.25, 0.3) is 0 Å². The molecule has 0 aliphatic carbocycles. The number of urea groups is 1. The van der Waals surface area contributed by atoms with Gasteiger partial charge in [-0.05, 0) is 41.7 Å². The second kappa shape index (κ2) is 10.2. The van der Waals surface area contributed by atoms with Crippen molar-refractivity contribution in [2.75, 3.05) is 19.6 Å². The molecular formula is C23H25N3O3S2. The average molecular weight is 456 g/mol. The molecule has 2 atom stereocenters. The SMILES string of the molecule is O=C(CN1C(=O)N(CCc2cccs2)C(=O)C2SC=CC21)NCCCc1ccccc1. The highest BCUT2D eigenvalue weighted by molar-refractivity contribution is 8.03. The zero-order chi connectivity index (χ0) is 21.6. The first-order chi connectivity index (χ1) is 15.1. The Labute approximate surface area is 190 Å². The van der Waals surface area contributed by atoms with Gasteiger partial charge in [-0.2, -0.15) is 0 Å². The topological polar surface area (TPSA) is 69.7 Å². The molecule has 4 amide bonds. The molecule has 1 aromatic carbocycles. The van der Waals surface area contributed by atoms with Gasteiger partial charge in [-0.1, -0.05) is 42.5 Å². The number of hydrogen-bond acceptors (Lipinski definition) is 5. The van der Waals surface area contributed by atoms with Crippen molar-refractivity contribution in [1.29, 1.82) is 0 Å². The van der Waals surface area contributed by atoms with Crippen LogP contribution >= 0.6 is 23.1 Å². The van der Waals surface area contributed by atoms with Crippen LogP contribution in [0.3, 0.4) is 0 Å².